The van der Waals surface area contributed by atoms with Crippen LogP contribution >= 0.6 is 11.6 Å². The van der Waals surface area contributed by atoms with Gasteiger partial charge in [0.2, 0.25) is 0 Å². The Morgan fingerprint density at radius 1 is 1.17 bits per heavy atom. The van der Waals surface area contributed by atoms with Gasteiger partial charge >= 0.3 is 0 Å². The number of carbonyl (C=O) groups is 1. The molecule has 0 radical (unpaired) electrons. The molecule has 1 heterocycles. The summed E-state index contributed by atoms with van der Waals surface area (Å²) in [6.45, 7) is 0.246. The van der Waals surface area contributed by atoms with Gasteiger partial charge in [0, 0.05) is 30.7 Å². The number of nitrogens with zero attached hydrogens (tertiary/aromatic N) is 5. The zero-order valence-corrected chi connectivity index (χ0v) is 17.2. The number of aliphatic hydroxyl groups excluding tert-OH is 1. The fourth-order valence-corrected chi connectivity index (χ4v) is 3.25. The van der Waals surface area contributed by atoms with E-state index in [-0.39, 0.29) is 27.7 Å². The molecule has 0 amide bonds. The van der Waals surface area contributed by atoms with Crippen molar-refractivity contribution in [1.82, 2.24) is 19.7 Å². The normalized spacial score (nSPS) is 11.1. The van der Waals surface area contributed by atoms with Crippen LogP contribution in [0.25, 0.3) is 5.69 Å². The van der Waals surface area contributed by atoms with Crippen molar-refractivity contribution < 1.29 is 14.8 Å². The number of hydrogen-bond acceptors (Lipinski definition) is 7. The summed E-state index contributed by atoms with van der Waals surface area (Å²) >= 11 is 6.19. The van der Waals surface area contributed by atoms with Crippen LogP contribution in [0.3, 0.4) is 0 Å². The number of likely N-dealkylation sites (N-methyl/N-ethyl adjacent to an activating group) is 1. The number of aliphatic hydroxyl groups is 1. The third-order valence-corrected chi connectivity index (χ3v) is 4.85. The van der Waals surface area contributed by atoms with Gasteiger partial charge in [-0.1, -0.05) is 23.7 Å². The quantitative estimate of drug-likeness (QED) is 0.332. The molecule has 0 aliphatic carbocycles. The van der Waals surface area contributed by atoms with Gasteiger partial charge in [0.15, 0.2) is 11.6 Å². The smallest absolute Gasteiger partial charge is 0.270 e. The topological polar surface area (TPSA) is 114 Å². The summed E-state index contributed by atoms with van der Waals surface area (Å²) in [5.41, 5.74) is 0.392. The largest absolute Gasteiger partial charge is 0.388 e. The van der Waals surface area contributed by atoms with E-state index in [0.29, 0.717) is 24.5 Å². The number of carbonyl (C=O) groups excluding carboxylic acids is 1. The van der Waals surface area contributed by atoms with Gasteiger partial charge in [-0.05, 0) is 32.3 Å². The van der Waals surface area contributed by atoms with E-state index in [1.165, 1.54) is 18.2 Å². The molecular weight excluding hydrogens is 410 g/mol. The van der Waals surface area contributed by atoms with Crippen LogP contribution in [0.5, 0.6) is 0 Å². The number of nitro benzene ring substituents is 1. The molecule has 0 saturated heterocycles. The molecule has 2 aromatic carbocycles. The molecule has 0 bridgehead atoms. The SMILES string of the molecule is CN(C)CCc1nnc(CO)n1-c1ccc([N+](=O)[O-])cc1C(=O)c1ccccc1Cl. The Labute approximate surface area is 177 Å². The summed E-state index contributed by atoms with van der Waals surface area (Å²) in [6, 6.07) is 10.5. The van der Waals surface area contributed by atoms with Crippen LogP contribution in [-0.2, 0) is 13.0 Å². The highest BCUT2D eigenvalue weighted by molar-refractivity contribution is 6.35. The molecule has 1 N–H and O–H groups in total. The van der Waals surface area contributed by atoms with Crippen molar-refractivity contribution >= 4 is 23.1 Å². The number of nitro groups is 1. The van der Waals surface area contributed by atoms with Crippen LogP contribution in [0.1, 0.15) is 27.6 Å². The van der Waals surface area contributed by atoms with Crippen molar-refractivity contribution in [3.05, 3.63) is 80.4 Å². The number of hydrogen-bond donors (Lipinski definition) is 1. The molecular formula is C20H20ClN5O4. The Balaban J connectivity index is 2.21. The number of halogens is 1. The standard InChI is InChI=1S/C20H20ClN5O4/c1-24(2)10-9-18-22-23-19(12-27)25(18)17-8-7-13(26(29)30)11-15(17)20(28)14-5-3-4-6-16(14)21/h3-8,11,27H,9-10,12H2,1-2H3. The van der Waals surface area contributed by atoms with Gasteiger partial charge in [-0.2, -0.15) is 0 Å². The van der Waals surface area contributed by atoms with Gasteiger partial charge < -0.3 is 10.0 Å². The molecule has 0 fully saturated rings. The zero-order valence-electron chi connectivity index (χ0n) is 16.4. The first kappa shape index (κ1) is 21.6. The number of benzene rings is 2. The zero-order chi connectivity index (χ0) is 21.8. The van der Waals surface area contributed by atoms with Crippen LogP contribution in [0.4, 0.5) is 5.69 Å². The Hall–Kier alpha value is -3.14. The van der Waals surface area contributed by atoms with E-state index < -0.39 is 17.3 Å². The van der Waals surface area contributed by atoms with Crippen LogP contribution < -0.4 is 0 Å². The van der Waals surface area contributed by atoms with Crippen LogP contribution in [0.15, 0.2) is 42.5 Å². The highest BCUT2D eigenvalue weighted by Crippen LogP contribution is 2.28. The monoisotopic (exact) mass is 429 g/mol. The molecule has 0 aliphatic rings. The predicted octanol–water partition coefficient (Wildman–Crippen LogP) is 2.66. The molecule has 30 heavy (non-hydrogen) atoms. The van der Waals surface area contributed by atoms with Crippen molar-refractivity contribution in [2.75, 3.05) is 20.6 Å². The second-order valence-corrected chi connectivity index (χ2v) is 7.25. The molecule has 10 heteroatoms. The molecule has 156 valence electrons. The molecule has 0 spiro atoms. The van der Waals surface area contributed by atoms with E-state index >= 15 is 0 Å². The third kappa shape index (κ3) is 4.38. The minimum atomic E-state index is -0.570. The molecule has 0 atom stereocenters. The maximum absolute atomic E-state index is 13.3. The molecule has 0 unspecified atom stereocenters. The maximum Gasteiger partial charge on any atom is 0.270 e. The van der Waals surface area contributed by atoms with E-state index in [1.807, 2.05) is 19.0 Å². The number of ketones is 1. The van der Waals surface area contributed by atoms with Gasteiger partial charge in [0.05, 0.1) is 21.2 Å². The minimum absolute atomic E-state index is 0.0675. The lowest BCUT2D eigenvalue weighted by Gasteiger charge is -2.15. The Kier molecular flexibility index (Phi) is 6.56. The summed E-state index contributed by atoms with van der Waals surface area (Å²) in [5, 5.41) is 29.5. The molecule has 9 nitrogen and oxygen atoms in total. The molecule has 1 aromatic heterocycles. The minimum Gasteiger partial charge on any atom is -0.388 e. The highest BCUT2D eigenvalue weighted by atomic mass is 35.5. The van der Waals surface area contributed by atoms with Crippen molar-refractivity contribution in [3.63, 3.8) is 0 Å². The lowest BCUT2D eigenvalue weighted by atomic mass is 10.0. The van der Waals surface area contributed by atoms with Gasteiger partial charge in [-0.25, -0.2) is 0 Å². The lowest BCUT2D eigenvalue weighted by Crippen LogP contribution is -2.18. The summed E-state index contributed by atoms with van der Waals surface area (Å²) in [6.07, 6.45) is 0.497. The summed E-state index contributed by atoms with van der Waals surface area (Å²) in [5.74, 6) is 0.274. The third-order valence-electron chi connectivity index (χ3n) is 4.52. The van der Waals surface area contributed by atoms with Crippen molar-refractivity contribution in [2.24, 2.45) is 0 Å². The van der Waals surface area contributed by atoms with E-state index in [9.17, 15) is 20.0 Å². The fourth-order valence-electron chi connectivity index (χ4n) is 3.02. The second-order valence-electron chi connectivity index (χ2n) is 6.85. The van der Waals surface area contributed by atoms with Crippen LogP contribution in [0.2, 0.25) is 5.02 Å². The lowest BCUT2D eigenvalue weighted by molar-refractivity contribution is -0.384. The van der Waals surface area contributed by atoms with Gasteiger partial charge in [-0.15, -0.1) is 10.2 Å². The summed E-state index contributed by atoms with van der Waals surface area (Å²) in [7, 11) is 3.82. The highest BCUT2D eigenvalue weighted by Gasteiger charge is 2.24. The Morgan fingerprint density at radius 3 is 2.50 bits per heavy atom. The molecule has 0 saturated carbocycles. The van der Waals surface area contributed by atoms with Gasteiger partial charge in [0.25, 0.3) is 5.69 Å². The molecule has 0 aliphatic heterocycles. The molecule has 3 aromatic rings. The predicted molar refractivity (Wildman–Crippen MR) is 111 cm³/mol. The summed E-state index contributed by atoms with van der Waals surface area (Å²) in [4.78, 5) is 26.0. The van der Waals surface area contributed by atoms with Crippen LogP contribution in [-0.4, -0.2) is 56.1 Å². The van der Waals surface area contributed by atoms with Crippen molar-refractivity contribution in [2.45, 2.75) is 13.0 Å². The number of aromatic nitrogens is 3. The first-order valence-corrected chi connectivity index (χ1v) is 9.48. The fraction of sp³-hybridized carbons (Fsp3) is 0.250. The summed E-state index contributed by atoms with van der Waals surface area (Å²) < 4.78 is 1.57. The van der Waals surface area contributed by atoms with Crippen molar-refractivity contribution in [3.8, 4) is 5.69 Å². The van der Waals surface area contributed by atoms with Gasteiger partial charge in [0.1, 0.15) is 12.4 Å². The average molecular weight is 430 g/mol. The molecule has 3 rings (SSSR count). The maximum atomic E-state index is 13.3. The first-order valence-electron chi connectivity index (χ1n) is 9.10. The van der Waals surface area contributed by atoms with Gasteiger partial charge in [-0.3, -0.25) is 19.5 Å². The number of non-ortho nitro benzene ring substituents is 1. The average Bonchev–Trinajstić information content (AvgIpc) is 3.14. The Bertz CT molecular complexity index is 1100. The Morgan fingerprint density at radius 2 is 1.87 bits per heavy atom. The van der Waals surface area contributed by atoms with E-state index in [0.717, 1.165) is 0 Å². The van der Waals surface area contributed by atoms with E-state index in [4.69, 9.17) is 11.6 Å². The second kappa shape index (κ2) is 9.12. The first-order chi connectivity index (χ1) is 14.3. The number of rotatable bonds is 8. The van der Waals surface area contributed by atoms with Crippen molar-refractivity contribution in [1.29, 1.82) is 0 Å². The van der Waals surface area contributed by atoms with Crippen LogP contribution in [0, 0.1) is 10.1 Å². The van der Waals surface area contributed by atoms with E-state index in [2.05, 4.69) is 10.2 Å². The van der Waals surface area contributed by atoms with E-state index in [1.54, 1.807) is 28.8 Å².